The second-order valence-corrected chi connectivity index (χ2v) is 5.48. The number of hydrogen-bond donors (Lipinski definition) is 0. The summed E-state index contributed by atoms with van der Waals surface area (Å²) in [6.45, 7) is 0. The quantitative estimate of drug-likeness (QED) is 0.607. The molecule has 0 unspecified atom stereocenters. The van der Waals surface area contributed by atoms with E-state index in [1.165, 1.54) is 0 Å². The maximum atomic E-state index is 8.86. The molecule has 0 amide bonds. The van der Waals surface area contributed by atoms with Gasteiger partial charge in [-0.1, -0.05) is 17.7 Å². The summed E-state index contributed by atoms with van der Waals surface area (Å²) in [5, 5.41) is 17.8. The fourth-order valence-corrected chi connectivity index (χ4v) is 2.31. The molecule has 0 atom stereocenters. The molecule has 6 heteroatoms. The van der Waals surface area contributed by atoms with Gasteiger partial charge in [0, 0.05) is 21.4 Å². The number of nitriles is 1. The van der Waals surface area contributed by atoms with E-state index >= 15 is 0 Å². The summed E-state index contributed by atoms with van der Waals surface area (Å²) in [5.74, 6) is 0.706. The van der Waals surface area contributed by atoms with Crippen molar-refractivity contribution in [1.29, 1.82) is 5.26 Å². The van der Waals surface area contributed by atoms with E-state index in [0.29, 0.717) is 22.1 Å². The molecule has 0 spiro atoms. The molecule has 19 heavy (non-hydrogen) atoms. The summed E-state index contributed by atoms with van der Waals surface area (Å²) in [4.78, 5) is 0. The Kier molecular flexibility index (Phi) is 3.12. The number of rotatable bonds is 1. The maximum Gasteiger partial charge on any atom is 0.168 e. The molecule has 0 aliphatic rings. The number of pyridine rings is 1. The van der Waals surface area contributed by atoms with Gasteiger partial charge in [0.25, 0.3) is 0 Å². The predicted molar refractivity (Wildman–Crippen MR) is 80.9 cm³/mol. The molecule has 2 heterocycles. The molecular weight excluding hydrogens is 375 g/mol. The Labute approximate surface area is 127 Å². The van der Waals surface area contributed by atoms with Gasteiger partial charge in [-0.25, -0.2) is 0 Å². The van der Waals surface area contributed by atoms with Gasteiger partial charge < -0.3 is 0 Å². The fraction of sp³-hybridized carbons (Fsp3) is 0. The number of benzene rings is 1. The van der Waals surface area contributed by atoms with E-state index in [2.05, 4.69) is 38.9 Å². The summed E-state index contributed by atoms with van der Waals surface area (Å²) < 4.78 is 2.82. The average Bonchev–Trinajstić information content (AvgIpc) is 2.84. The van der Waals surface area contributed by atoms with Gasteiger partial charge in [0.1, 0.15) is 0 Å². The third kappa shape index (κ3) is 2.17. The lowest BCUT2D eigenvalue weighted by Gasteiger charge is -2.02. The van der Waals surface area contributed by atoms with Gasteiger partial charge in [0.05, 0.1) is 16.7 Å². The SMILES string of the molecule is N#Cc1ccn2c(-c3ccc(I)c(Cl)c3)nnc2c1. The molecule has 2 aromatic heterocycles. The Morgan fingerprint density at radius 1 is 1.21 bits per heavy atom. The van der Waals surface area contributed by atoms with Crippen molar-refractivity contribution in [3.05, 3.63) is 50.7 Å². The first-order valence-electron chi connectivity index (χ1n) is 5.39. The highest BCUT2D eigenvalue weighted by Gasteiger charge is 2.09. The van der Waals surface area contributed by atoms with Gasteiger partial charge >= 0.3 is 0 Å². The molecule has 0 aliphatic carbocycles. The number of fused-ring (bicyclic) bond motifs is 1. The van der Waals surface area contributed by atoms with Crippen LogP contribution in [0.5, 0.6) is 0 Å². The van der Waals surface area contributed by atoms with Crippen LogP contribution in [0.15, 0.2) is 36.5 Å². The topological polar surface area (TPSA) is 54.0 Å². The summed E-state index contributed by atoms with van der Waals surface area (Å²) in [7, 11) is 0. The van der Waals surface area contributed by atoms with Crippen LogP contribution in [-0.4, -0.2) is 14.6 Å². The van der Waals surface area contributed by atoms with Crippen LogP contribution >= 0.6 is 34.2 Å². The minimum atomic E-state index is 0.562. The van der Waals surface area contributed by atoms with Gasteiger partial charge in [-0.15, -0.1) is 10.2 Å². The minimum Gasteiger partial charge on any atom is -0.282 e. The van der Waals surface area contributed by atoms with Gasteiger partial charge in [0.15, 0.2) is 11.5 Å². The molecule has 0 radical (unpaired) electrons. The van der Waals surface area contributed by atoms with E-state index in [-0.39, 0.29) is 0 Å². The van der Waals surface area contributed by atoms with E-state index in [0.717, 1.165) is 9.13 Å². The van der Waals surface area contributed by atoms with Crippen LogP contribution in [0, 0.1) is 14.9 Å². The Hall–Kier alpha value is -1.65. The van der Waals surface area contributed by atoms with Crippen LogP contribution in [0.25, 0.3) is 17.0 Å². The van der Waals surface area contributed by atoms with Crippen LogP contribution in [0.1, 0.15) is 5.56 Å². The predicted octanol–water partition coefficient (Wildman–Crippen LogP) is 3.53. The molecule has 4 nitrogen and oxygen atoms in total. The average molecular weight is 381 g/mol. The first-order valence-corrected chi connectivity index (χ1v) is 6.85. The van der Waals surface area contributed by atoms with Gasteiger partial charge in [-0.2, -0.15) is 5.26 Å². The van der Waals surface area contributed by atoms with Crippen LogP contribution in [0.3, 0.4) is 0 Å². The van der Waals surface area contributed by atoms with Crippen LogP contribution in [0.2, 0.25) is 5.02 Å². The third-order valence-electron chi connectivity index (χ3n) is 2.72. The molecule has 0 bridgehead atoms. The first kappa shape index (κ1) is 12.4. The van der Waals surface area contributed by atoms with Gasteiger partial charge in [0.2, 0.25) is 0 Å². The van der Waals surface area contributed by atoms with Crippen LogP contribution < -0.4 is 0 Å². The standard InChI is InChI=1S/C13H6ClIN4/c14-10-6-9(1-2-11(10)15)13-18-17-12-5-8(7-16)3-4-19(12)13/h1-6H. The van der Waals surface area contributed by atoms with Crippen LogP contribution in [0.4, 0.5) is 0 Å². The second-order valence-electron chi connectivity index (χ2n) is 3.91. The fourth-order valence-electron chi connectivity index (χ4n) is 1.79. The molecule has 1 aromatic carbocycles. The molecule has 92 valence electrons. The van der Waals surface area contributed by atoms with Crippen molar-refractivity contribution in [3.63, 3.8) is 0 Å². The van der Waals surface area contributed by atoms with Crippen molar-refractivity contribution in [2.75, 3.05) is 0 Å². The largest absolute Gasteiger partial charge is 0.282 e. The van der Waals surface area contributed by atoms with E-state index in [1.807, 2.05) is 22.6 Å². The number of nitrogens with zero attached hydrogens (tertiary/aromatic N) is 4. The molecule has 0 saturated heterocycles. The maximum absolute atomic E-state index is 8.86. The molecule has 0 saturated carbocycles. The molecule has 0 N–H and O–H groups in total. The minimum absolute atomic E-state index is 0.562. The lowest BCUT2D eigenvalue weighted by molar-refractivity contribution is 1.11. The Balaban J connectivity index is 2.20. The van der Waals surface area contributed by atoms with Crippen molar-refractivity contribution < 1.29 is 0 Å². The first-order chi connectivity index (χ1) is 9.19. The van der Waals surface area contributed by atoms with Gasteiger partial charge in [-0.05, 0) is 40.8 Å². The monoisotopic (exact) mass is 380 g/mol. The zero-order valence-electron chi connectivity index (χ0n) is 9.51. The van der Waals surface area contributed by atoms with E-state index in [4.69, 9.17) is 16.9 Å². The van der Waals surface area contributed by atoms with E-state index < -0.39 is 0 Å². The third-order valence-corrected chi connectivity index (χ3v) is 4.29. The molecule has 3 rings (SSSR count). The van der Waals surface area contributed by atoms with Crippen molar-refractivity contribution in [2.24, 2.45) is 0 Å². The normalized spacial score (nSPS) is 10.6. The molecule has 0 aliphatic heterocycles. The summed E-state index contributed by atoms with van der Waals surface area (Å²) in [5.41, 5.74) is 2.10. The highest BCUT2D eigenvalue weighted by molar-refractivity contribution is 14.1. The summed E-state index contributed by atoms with van der Waals surface area (Å²) in [6.07, 6.45) is 1.79. The van der Waals surface area contributed by atoms with E-state index in [9.17, 15) is 0 Å². The second kappa shape index (κ2) is 4.79. The Bertz CT molecular complexity index is 819. The number of aromatic nitrogens is 3. The summed E-state index contributed by atoms with van der Waals surface area (Å²) >= 11 is 8.30. The molecule has 3 aromatic rings. The Morgan fingerprint density at radius 2 is 2.05 bits per heavy atom. The summed E-state index contributed by atoms with van der Waals surface area (Å²) in [6, 6.07) is 11.3. The smallest absolute Gasteiger partial charge is 0.168 e. The Morgan fingerprint density at radius 3 is 2.79 bits per heavy atom. The molecular formula is C13H6ClIN4. The zero-order chi connectivity index (χ0) is 13.4. The highest BCUT2D eigenvalue weighted by Crippen LogP contribution is 2.25. The highest BCUT2D eigenvalue weighted by atomic mass is 127. The molecule has 0 fully saturated rings. The lowest BCUT2D eigenvalue weighted by atomic mass is 10.2. The van der Waals surface area contributed by atoms with Crippen molar-refractivity contribution >= 4 is 39.8 Å². The number of halogens is 2. The number of hydrogen-bond acceptors (Lipinski definition) is 3. The van der Waals surface area contributed by atoms with Crippen molar-refractivity contribution in [2.45, 2.75) is 0 Å². The van der Waals surface area contributed by atoms with E-state index in [1.54, 1.807) is 18.3 Å². The van der Waals surface area contributed by atoms with Crippen molar-refractivity contribution in [1.82, 2.24) is 14.6 Å². The van der Waals surface area contributed by atoms with Crippen LogP contribution in [-0.2, 0) is 0 Å². The zero-order valence-corrected chi connectivity index (χ0v) is 12.4. The lowest BCUT2D eigenvalue weighted by Crippen LogP contribution is -1.90. The van der Waals surface area contributed by atoms with Crippen molar-refractivity contribution in [3.8, 4) is 17.5 Å². The van der Waals surface area contributed by atoms with Gasteiger partial charge in [-0.3, -0.25) is 4.40 Å².